The molecule has 212 valence electrons. The number of hydrogen-bond acceptors (Lipinski definition) is 5. The average molecular weight is 560 g/mol. The van der Waals surface area contributed by atoms with Gasteiger partial charge in [-0.25, -0.2) is 14.2 Å². The van der Waals surface area contributed by atoms with Crippen LogP contribution in [0.25, 0.3) is 11.3 Å². The SMILES string of the molecule is CC(C)N(c1cc(F)c(Oc2ncc(-c3ccccn3)cc2C(F)(F)F)cc1C(=O)O)C(=O)[C@H]1CC[C@H](C)CC1. The van der Waals surface area contributed by atoms with Crippen LogP contribution in [0.15, 0.2) is 48.8 Å². The van der Waals surface area contributed by atoms with E-state index in [2.05, 4.69) is 16.9 Å². The molecule has 40 heavy (non-hydrogen) atoms. The first-order valence-electron chi connectivity index (χ1n) is 12.9. The zero-order valence-electron chi connectivity index (χ0n) is 22.2. The maximum absolute atomic E-state index is 15.4. The van der Waals surface area contributed by atoms with E-state index in [9.17, 15) is 27.9 Å². The number of pyridine rings is 2. The minimum atomic E-state index is -4.92. The summed E-state index contributed by atoms with van der Waals surface area (Å²) in [7, 11) is 0. The number of carbonyl (C=O) groups is 2. The third-order valence-electron chi connectivity index (χ3n) is 6.98. The first-order valence-corrected chi connectivity index (χ1v) is 12.9. The number of hydrogen-bond donors (Lipinski definition) is 1. The summed E-state index contributed by atoms with van der Waals surface area (Å²) in [4.78, 5) is 34.7. The van der Waals surface area contributed by atoms with Crippen molar-refractivity contribution in [2.24, 2.45) is 11.8 Å². The molecule has 0 unspecified atom stereocenters. The highest BCUT2D eigenvalue weighted by Gasteiger charge is 2.37. The van der Waals surface area contributed by atoms with Crippen LogP contribution in [0.4, 0.5) is 23.2 Å². The second kappa shape index (κ2) is 11.6. The standard InChI is InChI=1S/C29H29F4N3O4/c1-16(2)36(27(37)18-9-7-17(3)8-10-18)24-14-22(30)25(13-20(24)28(38)39)40-26-21(29(31,32)33)12-19(15-35-26)23-6-4-5-11-34-23/h4-6,11-18H,7-10H2,1-3H3,(H,38,39)/t17-,18-. The van der Waals surface area contributed by atoms with E-state index in [0.29, 0.717) is 18.8 Å². The highest BCUT2D eigenvalue weighted by Crippen LogP contribution is 2.41. The van der Waals surface area contributed by atoms with E-state index in [-0.39, 0.29) is 28.8 Å². The van der Waals surface area contributed by atoms with E-state index >= 15 is 4.39 Å². The summed E-state index contributed by atoms with van der Waals surface area (Å²) in [6.07, 6.45) is 0.563. The van der Waals surface area contributed by atoms with Gasteiger partial charge in [-0.2, -0.15) is 13.2 Å². The monoisotopic (exact) mass is 559 g/mol. The van der Waals surface area contributed by atoms with E-state index in [1.165, 1.54) is 17.2 Å². The van der Waals surface area contributed by atoms with Crippen LogP contribution in [0.3, 0.4) is 0 Å². The number of alkyl halides is 3. The molecule has 3 aromatic rings. The number of carboxylic acid groups (broad SMARTS) is 1. The minimum Gasteiger partial charge on any atom is -0.478 e. The second-order valence-corrected chi connectivity index (χ2v) is 10.3. The summed E-state index contributed by atoms with van der Waals surface area (Å²) in [6.45, 7) is 5.46. The number of halogens is 4. The van der Waals surface area contributed by atoms with Gasteiger partial charge < -0.3 is 14.7 Å². The third kappa shape index (κ3) is 6.24. The van der Waals surface area contributed by atoms with Gasteiger partial charge in [0.15, 0.2) is 11.6 Å². The molecule has 0 radical (unpaired) electrons. The number of nitrogens with zero attached hydrogens (tertiary/aromatic N) is 3. The smallest absolute Gasteiger partial charge is 0.421 e. The molecule has 0 bridgehead atoms. The van der Waals surface area contributed by atoms with Crippen LogP contribution in [-0.4, -0.2) is 33.0 Å². The molecule has 0 atom stereocenters. The molecule has 0 aliphatic heterocycles. The Morgan fingerprint density at radius 2 is 1.77 bits per heavy atom. The van der Waals surface area contributed by atoms with Crippen molar-refractivity contribution in [3.05, 3.63) is 65.7 Å². The number of ether oxygens (including phenoxy) is 1. The molecule has 1 aliphatic rings. The second-order valence-electron chi connectivity index (χ2n) is 10.3. The Balaban J connectivity index is 1.73. The van der Waals surface area contributed by atoms with Crippen LogP contribution in [0.1, 0.15) is 62.4 Å². The quantitative estimate of drug-likeness (QED) is 0.304. The molecule has 1 aliphatic carbocycles. The van der Waals surface area contributed by atoms with Gasteiger partial charge >= 0.3 is 12.1 Å². The maximum Gasteiger partial charge on any atom is 0.421 e. The normalized spacial score (nSPS) is 17.5. The molecule has 2 aromatic heterocycles. The molecule has 2 heterocycles. The number of aromatic nitrogens is 2. The number of amides is 1. The Kier molecular flexibility index (Phi) is 8.41. The predicted octanol–water partition coefficient (Wildman–Crippen LogP) is 7.36. The number of benzene rings is 1. The lowest BCUT2D eigenvalue weighted by Crippen LogP contribution is -2.43. The Bertz CT molecular complexity index is 1390. The summed E-state index contributed by atoms with van der Waals surface area (Å²) in [6, 6.07) is 6.59. The lowest BCUT2D eigenvalue weighted by molar-refractivity contribution is -0.138. The molecule has 4 rings (SSSR count). The van der Waals surface area contributed by atoms with Gasteiger partial charge in [0.05, 0.1) is 16.9 Å². The number of anilines is 1. The molecule has 11 heteroatoms. The zero-order valence-corrected chi connectivity index (χ0v) is 22.2. The van der Waals surface area contributed by atoms with Crippen molar-refractivity contribution in [2.45, 2.75) is 58.7 Å². The van der Waals surface area contributed by atoms with Gasteiger partial charge in [-0.05, 0) is 63.6 Å². The Hall–Kier alpha value is -4.02. The maximum atomic E-state index is 15.4. The molecule has 1 N–H and O–H groups in total. The van der Waals surface area contributed by atoms with Crippen LogP contribution in [0, 0.1) is 17.7 Å². The molecule has 1 aromatic carbocycles. The fourth-order valence-electron chi connectivity index (χ4n) is 4.86. The van der Waals surface area contributed by atoms with Gasteiger partial charge in [-0.15, -0.1) is 0 Å². The van der Waals surface area contributed by atoms with E-state index < -0.39 is 46.8 Å². The minimum absolute atomic E-state index is 0.0607. The average Bonchev–Trinajstić information content (AvgIpc) is 2.90. The topological polar surface area (TPSA) is 92.6 Å². The molecular formula is C29H29F4N3O4. The van der Waals surface area contributed by atoms with Crippen LogP contribution in [-0.2, 0) is 11.0 Å². The molecule has 1 amide bonds. The summed E-state index contributed by atoms with van der Waals surface area (Å²) in [5, 5.41) is 9.93. The Morgan fingerprint density at radius 1 is 1.07 bits per heavy atom. The van der Waals surface area contributed by atoms with Gasteiger partial charge in [0, 0.05) is 42.0 Å². The largest absolute Gasteiger partial charge is 0.478 e. The first-order chi connectivity index (χ1) is 18.9. The fourth-order valence-corrected chi connectivity index (χ4v) is 4.86. The number of carboxylic acids is 1. The number of rotatable bonds is 7. The van der Waals surface area contributed by atoms with Crippen molar-refractivity contribution in [3.8, 4) is 22.9 Å². The molecule has 0 saturated heterocycles. The van der Waals surface area contributed by atoms with Crippen molar-refractivity contribution in [1.82, 2.24) is 9.97 Å². The molecule has 1 fully saturated rings. The van der Waals surface area contributed by atoms with Gasteiger partial charge in [0.2, 0.25) is 11.8 Å². The van der Waals surface area contributed by atoms with Crippen LogP contribution in [0.2, 0.25) is 0 Å². The van der Waals surface area contributed by atoms with E-state index in [1.54, 1.807) is 26.0 Å². The number of aromatic carboxylic acids is 1. The van der Waals surface area contributed by atoms with Crippen LogP contribution >= 0.6 is 0 Å². The van der Waals surface area contributed by atoms with Crippen molar-refractivity contribution in [2.75, 3.05) is 4.90 Å². The highest BCUT2D eigenvalue weighted by atomic mass is 19.4. The lowest BCUT2D eigenvalue weighted by atomic mass is 9.82. The van der Waals surface area contributed by atoms with E-state index in [4.69, 9.17) is 4.74 Å². The molecule has 0 spiro atoms. The highest BCUT2D eigenvalue weighted by molar-refractivity contribution is 6.03. The number of carbonyl (C=O) groups excluding carboxylic acids is 1. The van der Waals surface area contributed by atoms with Crippen molar-refractivity contribution < 1.29 is 37.0 Å². The fraction of sp³-hybridized carbons (Fsp3) is 0.379. The summed E-state index contributed by atoms with van der Waals surface area (Å²) < 4.78 is 62.4. The molecule has 7 nitrogen and oxygen atoms in total. The molecule has 1 saturated carbocycles. The van der Waals surface area contributed by atoms with Gasteiger partial charge in [0.1, 0.15) is 5.56 Å². The van der Waals surface area contributed by atoms with Crippen molar-refractivity contribution >= 4 is 17.6 Å². The lowest BCUT2D eigenvalue weighted by Gasteiger charge is -2.34. The van der Waals surface area contributed by atoms with Crippen LogP contribution in [0.5, 0.6) is 11.6 Å². The van der Waals surface area contributed by atoms with E-state index in [1.807, 2.05) is 0 Å². The zero-order chi connectivity index (χ0) is 29.2. The first kappa shape index (κ1) is 29.0. The van der Waals surface area contributed by atoms with Gasteiger partial charge in [-0.1, -0.05) is 13.0 Å². The van der Waals surface area contributed by atoms with Crippen molar-refractivity contribution in [1.29, 1.82) is 0 Å². The predicted molar refractivity (Wildman–Crippen MR) is 140 cm³/mol. The Labute approximate surface area is 228 Å². The van der Waals surface area contributed by atoms with E-state index in [0.717, 1.165) is 37.2 Å². The van der Waals surface area contributed by atoms with Gasteiger partial charge in [-0.3, -0.25) is 9.78 Å². The third-order valence-corrected chi connectivity index (χ3v) is 6.98. The summed E-state index contributed by atoms with van der Waals surface area (Å²) in [5.41, 5.74) is -1.67. The summed E-state index contributed by atoms with van der Waals surface area (Å²) >= 11 is 0. The van der Waals surface area contributed by atoms with Crippen LogP contribution < -0.4 is 9.64 Å². The molecular weight excluding hydrogens is 530 g/mol. The summed E-state index contributed by atoms with van der Waals surface area (Å²) in [5.74, 6) is -4.53. The Morgan fingerprint density at radius 3 is 2.35 bits per heavy atom. The van der Waals surface area contributed by atoms with Crippen molar-refractivity contribution in [3.63, 3.8) is 0 Å². The van der Waals surface area contributed by atoms with Gasteiger partial charge in [0.25, 0.3) is 0 Å².